The Hall–Kier alpha value is -2.92. The summed E-state index contributed by atoms with van der Waals surface area (Å²) in [5.41, 5.74) is -0.109. The molecule has 0 heterocycles. The Bertz CT molecular complexity index is 577. The molecule has 26 heavy (non-hydrogen) atoms. The van der Waals surface area contributed by atoms with Crippen LogP contribution in [-0.4, -0.2) is 63.9 Å². The molecule has 0 radical (unpaired) electrons. The van der Waals surface area contributed by atoms with Crippen LogP contribution in [0.5, 0.6) is 5.75 Å². The van der Waals surface area contributed by atoms with E-state index in [1.165, 1.54) is 31.4 Å². The minimum absolute atomic E-state index is 0.0181. The normalized spacial score (nSPS) is 10.0. The molecule has 1 aromatic rings. The van der Waals surface area contributed by atoms with Gasteiger partial charge in [0.15, 0.2) is 0 Å². The largest absolute Gasteiger partial charge is 0.513 e. The first-order valence-electron chi connectivity index (χ1n) is 7.59. The van der Waals surface area contributed by atoms with E-state index in [-0.39, 0.29) is 24.7 Å². The van der Waals surface area contributed by atoms with Crippen LogP contribution in [-0.2, 0) is 18.9 Å². The maximum atomic E-state index is 11.4. The van der Waals surface area contributed by atoms with Gasteiger partial charge in [-0.05, 0) is 12.1 Å². The molecular formula is C15H20N2O9. The van der Waals surface area contributed by atoms with Gasteiger partial charge in [-0.3, -0.25) is 10.1 Å². The van der Waals surface area contributed by atoms with Crippen LogP contribution < -0.4 is 10.1 Å². The third kappa shape index (κ3) is 9.39. The fourth-order valence-electron chi connectivity index (χ4n) is 1.56. The molecular weight excluding hydrogens is 352 g/mol. The summed E-state index contributed by atoms with van der Waals surface area (Å²) in [5.74, 6) is 0.135. The van der Waals surface area contributed by atoms with Crippen LogP contribution in [0.4, 0.5) is 15.3 Å². The van der Waals surface area contributed by atoms with Crippen LogP contribution in [0.1, 0.15) is 0 Å². The molecule has 1 amide bonds. The molecule has 0 fully saturated rings. The van der Waals surface area contributed by atoms with Gasteiger partial charge in [0.1, 0.15) is 12.4 Å². The number of nitro groups is 1. The molecule has 0 aliphatic heterocycles. The van der Waals surface area contributed by atoms with Crippen LogP contribution in [0.15, 0.2) is 24.3 Å². The van der Waals surface area contributed by atoms with Gasteiger partial charge in [-0.15, -0.1) is 0 Å². The van der Waals surface area contributed by atoms with Crippen molar-refractivity contribution in [2.75, 3.05) is 46.7 Å². The van der Waals surface area contributed by atoms with Crippen molar-refractivity contribution >= 4 is 17.9 Å². The number of hydrogen-bond donors (Lipinski definition) is 1. The van der Waals surface area contributed by atoms with Crippen molar-refractivity contribution < 1.29 is 38.2 Å². The lowest BCUT2D eigenvalue weighted by Crippen LogP contribution is -2.27. The summed E-state index contributed by atoms with van der Waals surface area (Å²) in [6, 6.07) is 5.02. The first-order valence-corrected chi connectivity index (χ1v) is 7.59. The molecule has 0 unspecified atom stereocenters. The van der Waals surface area contributed by atoms with Crippen molar-refractivity contribution in [3.05, 3.63) is 34.4 Å². The van der Waals surface area contributed by atoms with Gasteiger partial charge >= 0.3 is 12.2 Å². The number of nitrogens with zero attached hydrogens (tertiary/aromatic N) is 1. The first kappa shape index (κ1) is 21.1. The smallest absolute Gasteiger partial charge is 0.453 e. The number of carbonyl (C=O) groups excluding carboxylic acids is 2. The van der Waals surface area contributed by atoms with Crippen molar-refractivity contribution in [1.29, 1.82) is 0 Å². The number of methoxy groups -OCH3 is 1. The summed E-state index contributed by atoms with van der Waals surface area (Å²) in [5, 5.41) is 13.0. The van der Waals surface area contributed by atoms with Crippen molar-refractivity contribution in [1.82, 2.24) is 5.32 Å². The molecule has 0 aliphatic carbocycles. The van der Waals surface area contributed by atoms with Gasteiger partial charge in [-0.2, -0.15) is 0 Å². The number of benzene rings is 1. The van der Waals surface area contributed by atoms with Gasteiger partial charge in [-0.25, -0.2) is 9.59 Å². The van der Waals surface area contributed by atoms with Crippen LogP contribution in [0.3, 0.4) is 0 Å². The zero-order valence-corrected chi connectivity index (χ0v) is 14.2. The molecule has 144 valence electrons. The van der Waals surface area contributed by atoms with E-state index in [4.69, 9.17) is 18.9 Å². The van der Waals surface area contributed by atoms with E-state index < -0.39 is 17.2 Å². The minimum Gasteiger partial charge on any atom is -0.453 e. The highest BCUT2D eigenvalue weighted by Gasteiger charge is 2.09. The Balaban J connectivity index is 1.99. The third-order valence-electron chi connectivity index (χ3n) is 2.77. The summed E-state index contributed by atoms with van der Waals surface area (Å²) < 4.78 is 24.4. The molecule has 1 N–H and O–H groups in total. The summed E-state index contributed by atoms with van der Waals surface area (Å²) in [4.78, 5) is 32.1. The Kier molecular flexibility index (Phi) is 10.1. The second-order valence-electron chi connectivity index (χ2n) is 4.59. The van der Waals surface area contributed by atoms with Gasteiger partial charge < -0.3 is 29.0 Å². The van der Waals surface area contributed by atoms with E-state index in [0.717, 1.165) is 0 Å². The molecule has 11 nitrogen and oxygen atoms in total. The van der Waals surface area contributed by atoms with E-state index in [9.17, 15) is 19.7 Å². The third-order valence-corrected chi connectivity index (χ3v) is 2.77. The number of non-ortho nitro benzene ring substituents is 1. The van der Waals surface area contributed by atoms with Crippen molar-refractivity contribution in [2.24, 2.45) is 0 Å². The fourth-order valence-corrected chi connectivity index (χ4v) is 1.56. The minimum atomic E-state index is -0.937. The molecule has 0 aliphatic rings. The zero-order chi connectivity index (χ0) is 19.2. The number of hydrogen-bond acceptors (Lipinski definition) is 9. The van der Waals surface area contributed by atoms with Crippen LogP contribution in [0.25, 0.3) is 0 Å². The second-order valence-corrected chi connectivity index (χ2v) is 4.59. The summed E-state index contributed by atoms with van der Waals surface area (Å²) >= 11 is 0. The number of amides is 1. The van der Waals surface area contributed by atoms with Gasteiger partial charge in [-0.1, -0.05) is 0 Å². The maximum absolute atomic E-state index is 11.4. The fraction of sp³-hybridized carbons (Fsp3) is 0.467. The molecule has 1 aromatic carbocycles. The van der Waals surface area contributed by atoms with Crippen LogP contribution >= 0.6 is 0 Å². The van der Waals surface area contributed by atoms with Gasteiger partial charge in [0, 0.05) is 18.7 Å². The highest BCUT2D eigenvalue weighted by Crippen LogP contribution is 2.17. The molecule has 0 spiro atoms. The first-order chi connectivity index (χ1) is 12.5. The average Bonchev–Trinajstić information content (AvgIpc) is 2.63. The highest BCUT2D eigenvalue weighted by molar-refractivity contribution is 5.66. The molecule has 0 bridgehead atoms. The lowest BCUT2D eigenvalue weighted by atomic mass is 10.3. The predicted molar refractivity (Wildman–Crippen MR) is 87.1 cm³/mol. The Morgan fingerprint density at radius 1 is 1.04 bits per heavy atom. The quantitative estimate of drug-likeness (QED) is 0.201. The molecule has 11 heteroatoms. The summed E-state index contributed by atoms with van der Waals surface area (Å²) in [6.07, 6.45) is -1.46. The lowest BCUT2D eigenvalue weighted by Gasteiger charge is -2.07. The van der Waals surface area contributed by atoms with Crippen molar-refractivity contribution in [3.63, 3.8) is 0 Å². The van der Waals surface area contributed by atoms with Crippen LogP contribution in [0, 0.1) is 10.1 Å². The Labute approximate surface area is 149 Å². The number of carbonyl (C=O) groups is 2. The van der Waals surface area contributed by atoms with E-state index in [1.54, 1.807) is 0 Å². The molecule has 0 saturated carbocycles. The van der Waals surface area contributed by atoms with Crippen LogP contribution in [0.2, 0.25) is 0 Å². The maximum Gasteiger partial charge on any atom is 0.513 e. The van der Waals surface area contributed by atoms with E-state index >= 15 is 0 Å². The second kappa shape index (κ2) is 12.4. The Morgan fingerprint density at radius 3 is 2.27 bits per heavy atom. The predicted octanol–water partition coefficient (Wildman–Crippen LogP) is 1.50. The molecule has 0 aromatic heterocycles. The molecule has 0 saturated heterocycles. The molecule has 0 atom stereocenters. The monoisotopic (exact) mass is 372 g/mol. The number of nitrogens with one attached hydrogen (secondary N) is 1. The number of alkyl carbamates (subject to hydrolysis) is 1. The molecule has 1 rings (SSSR count). The number of ether oxygens (including phenoxy) is 5. The zero-order valence-electron chi connectivity index (χ0n) is 14.2. The van der Waals surface area contributed by atoms with Crippen molar-refractivity contribution in [2.45, 2.75) is 0 Å². The van der Waals surface area contributed by atoms with Gasteiger partial charge in [0.2, 0.25) is 0 Å². The lowest BCUT2D eigenvalue weighted by molar-refractivity contribution is -0.384. The average molecular weight is 372 g/mol. The summed E-state index contributed by atoms with van der Waals surface area (Å²) in [6.45, 7) is 1.38. The van der Waals surface area contributed by atoms with Gasteiger partial charge in [0.05, 0.1) is 38.5 Å². The standard InChI is InChI=1S/C15H20N2O9/c1-22-14(18)16-6-7-23-8-9-24-10-11-25-15(19)26-13-4-2-12(3-5-13)17(20)21/h2-5H,6-11H2,1H3,(H,16,18). The van der Waals surface area contributed by atoms with E-state index in [1.807, 2.05) is 0 Å². The van der Waals surface area contributed by atoms with Crippen molar-refractivity contribution in [3.8, 4) is 5.75 Å². The Morgan fingerprint density at radius 2 is 1.65 bits per heavy atom. The SMILES string of the molecule is COC(=O)NCCOCCOCCOC(=O)Oc1ccc([N+](=O)[O-])cc1. The van der Waals surface area contributed by atoms with E-state index in [2.05, 4.69) is 10.1 Å². The highest BCUT2D eigenvalue weighted by atomic mass is 16.7. The van der Waals surface area contributed by atoms with Gasteiger partial charge in [0.25, 0.3) is 5.69 Å². The number of nitro benzene ring substituents is 1. The number of rotatable bonds is 11. The van der Waals surface area contributed by atoms with E-state index in [0.29, 0.717) is 26.4 Å². The summed E-state index contributed by atoms with van der Waals surface area (Å²) in [7, 11) is 1.27. The topological polar surface area (TPSA) is 135 Å².